The van der Waals surface area contributed by atoms with Gasteiger partial charge in [0.1, 0.15) is 18.9 Å². The van der Waals surface area contributed by atoms with Crippen LogP contribution in [-0.4, -0.2) is 38.8 Å². The number of aryl methyl sites for hydroxylation is 1. The molecule has 1 aromatic rings. The summed E-state index contributed by atoms with van der Waals surface area (Å²) in [6, 6.07) is 8.55. The molecule has 0 heterocycles. The summed E-state index contributed by atoms with van der Waals surface area (Å²) in [6.45, 7) is 4.10. The van der Waals surface area contributed by atoms with E-state index in [9.17, 15) is 0 Å². The molecule has 0 aromatic heterocycles. The number of hydrogen-bond donors (Lipinski definition) is 0. The van der Waals surface area contributed by atoms with Crippen LogP contribution in [0.5, 0.6) is 5.75 Å². The summed E-state index contributed by atoms with van der Waals surface area (Å²) in [4.78, 5) is 0. The number of likely N-dealkylation sites (N-methyl/N-ethyl adjacent to an activating group) is 1. The first-order chi connectivity index (χ1) is 10.5. The lowest BCUT2D eigenvalue weighted by molar-refractivity contribution is -0.870. The van der Waals surface area contributed by atoms with Gasteiger partial charge < -0.3 is 9.22 Å². The molecular formula is C20H36NO+. The molecule has 22 heavy (non-hydrogen) atoms. The highest BCUT2D eigenvalue weighted by Crippen LogP contribution is 2.21. The molecule has 0 aliphatic carbocycles. The molecule has 0 unspecified atom stereocenters. The summed E-state index contributed by atoms with van der Waals surface area (Å²) >= 11 is 0. The summed E-state index contributed by atoms with van der Waals surface area (Å²) in [6.07, 6.45) is 10.7. The van der Waals surface area contributed by atoms with E-state index in [4.69, 9.17) is 4.74 Å². The SMILES string of the molecule is CCCCCCCCCc1ccccc1OCC[N+](C)(C)C. The van der Waals surface area contributed by atoms with Crippen molar-refractivity contribution in [1.82, 2.24) is 0 Å². The number of nitrogens with zero attached hydrogens (tertiary/aromatic N) is 1. The highest BCUT2D eigenvalue weighted by Gasteiger charge is 2.08. The summed E-state index contributed by atoms with van der Waals surface area (Å²) in [7, 11) is 6.61. The van der Waals surface area contributed by atoms with Crippen molar-refractivity contribution >= 4 is 0 Å². The van der Waals surface area contributed by atoms with Crippen LogP contribution in [0.4, 0.5) is 0 Å². The Morgan fingerprint density at radius 3 is 2.18 bits per heavy atom. The van der Waals surface area contributed by atoms with Crippen LogP contribution in [0, 0.1) is 0 Å². The second-order valence-corrected chi connectivity index (χ2v) is 7.34. The first-order valence-corrected chi connectivity index (χ1v) is 9.04. The van der Waals surface area contributed by atoms with Crippen molar-refractivity contribution in [3.05, 3.63) is 29.8 Å². The van der Waals surface area contributed by atoms with E-state index in [1.54, 1.807) is 0 Å². The number of ether oxygens (including phenoxy) is 1. The second kappa shape index (κ2) is 10.7. The van der Waals surface area contributed by atoms with Crippen molar-refractivity contribution < 1.29 is 9.22 Å². The van der Waals surface area contributed by atoms with Crippen LogP contribution in [0.15, 0.2) is 24.3 Å². The molecule has 0 atom stereocenters. The fourth-order valence-corrected chi connectivity index (χ4v) is 2.55. The normalized spacial score (nSPS) is 11.6. The van der Waals surface area contributed by atoms with Gasteiger partial charge in [0, 0.05) is 0 Å². The van der Waals surface area contributed by atoms with Gasteiger partial charge in [-0.25, -0.2) is 0 Å². The van der Waals surface area contributed by atoms with E-state index in [0.29, 0.717) is 0 Å². The molecule has 0 N–H and O–H groups in total. The maximum absolute atomic E-state index is 6.01. The molecule has 0 bridgehead atoms. The topological polar surface area (TPSA) is 9.23 Å². The standard InChI is InChI=1S/C20H36NO/c1-5-6-7-8-9-10-11-14-19-15-12-13-16-20(19)22-18-17-21(2,3)4/h12-13,15-16H,5-11,14,17-18H2,1-4H3/q+1. The first-order valence-electron chi connectivity index (χ1n) is 9.04. The number of rotatable bonds is 12. The lowest BCUT2D eigenvalue weighted by atomic mass is 10.0. The van der Waals surface area contributed by atoms with Gasteiger partial charge in [0.25, 0.3) is 0 Å². The molecule has 0 saturated heterocycles. The van der Waals surface area contributed by atoms with Crippen LogP contribution in [0.1, 0.15) is 57.4 Å². The van der Waals surface area contributed by atoms with E-state index < -0.39 is 0 Å². The predicted octanol–water partition coefficient (Wildman–Crippen LogP) is 5.06. The predicted molar refractivity (Wildman–Crippen MR) is 96.5 cm³/mol. The Balaban J connectivity index is 2.28. The van der Waals surface area contributed by atoms with Crippen molar-refractivity contribution in [3.63, 3.8) is 0 Å². The van der Waals surface area contributed by atoms with Crippen molar-refractivity contribution in [2.45, 2.75) is 58.3 Å². The molecule has 1 aromatic carbocycles. The van der Waals surface area contributed by atoms with E-state index in [1.165, 1.54) is 50.5 Å². The van der Waals surface area contributed by atoms with E-state index in [2.05, 4.69) is 52.3 Å². The van der Waals surface area contributed by atoms with Gasteiger partial charge in [-0.15, -0.1) is 0 Å². The van der Waals surface area contributed by atoms with E-state index >= 15 is 0 Å². The van der Waals surface area contributed by atoms with Crippen molar-refractivity contribution in [1.29, 1.82) is 0 Å². The molecule has 0 aliphatic heterocycles. The lowest BCUT2D eigenvalue weighted by Gasteiger charge is -2.24. The van der Waals surface area contributed by atoms with Crippen molar-refractivity contribution in [2.75, 3.05) is 34.3 Å². The Morgan fingerprint density at radius 2 is 1.50 bits per heavy atom. The zero-order chi connectivity index (χ0) is 16.3. The fraction of sp³-hybridized carbons (Fsp3) is 0.700. The van der Waals surface area contributed by atoms with Gasteiger partial charge in [-0.1, -0.05) is 63.6 Å². The van der Waals surface area contributed by atoms with Crippen LogP contribution in [0.2, 0.25) is 0 Å². The van der Waals surface area contributed by atoms with Gasteiger partial charge in [0.2, 0.25) is 0 Å². The Hall–Kier alpha value is -1.02. The largest absolute Gasteiger partial charge is 0.487 e. The van der Waals surface area contributed by atoms with Gasteiger partial charge in [-0.2, -0.15) is 0 Å². The van der Waals surface area contributed by atoms with Crippen LogP contribution < -0.4 is 4.74 Å². The Morgan fingerprint density at radius 1 is 0.864 bits per heavy atom. The number of hydrogen-bond acceptors (Lipinski definition) is 1. The molecular weight excluding hydrogens is 270 g/mol. The average Bonchev–Trinajstić information content (AvgIpc) is 2.46. The highest BCUT2D eigenvalue weighted by atomic mass is 16.5. The fourth-order valence-electron chi connectivity index (χ4n) is 2.55. The molecule has 1 rings (SSSR count). The van der Waals surface area contributed by atoms with Gasteiger partial charge >= 0.3 is 0 Å². The molecule has 0 saturated carbocycles. The van der Waals surface area contributed by atoms with E-state index in [-0.39, 0.29) is 0 Å². The molecule has 0 amide bonds. The number of para-hydroxylation sites is 1. The molecule has 2 heteroatoms. The number of quaternary nitrogens is 1. The summed E-state index contributed by atoms with van der Waals surface area (Å²) < 4.78 is 6.95. The number of benzene rings is 1. The van der Waals surface area contributed by atoms with Crippen molar-refractivity contribution in [2.24, 2.45) is 0 Å². The van der Waals surface area contributed by atoms with Gasteiger partial charge in [0.05, 0.1) is 21.1 Å². The molecule has 0 radical (unpaired) electrons. The minimum atomic E-state index is 0.789. The van der Waals surface area contributed by atoms with Crippen molar-refractivity contribution in [3.8, 4) is 5.75 Å². The maximum atomic E-state index is 6.01. The summed E-state index contributed by atoms with van der Waals surface area (Å²) in [5, 5.41) is 0. The quantitative estimate of drug-likeness (QED) is 0.387. The second-order valence-electron chi connectivity index (χ2n) is 7.34. The highest BCUT2D eigenvalue weighted by molar-refractivity contribution is 5.33. The third-order valence-electron chi connectivity index (χ3n) is 4.04. The zero-order valence-corrected chi connectivity index (χ0v) is 15.2. The van der Waals surface area contributed by atoms with Gasteiger partial charge in [-0.3, -0.25) is 0 Å². The third-order valence-corrected chi connectivity index (χ3v) is 4.04. The molecule has 126 valence electrons. The molecule has 0 fully saturated rings. The number of unbranched alkanes of at least 4 members (excludes halogenated alkanes) is 6. The molecule has 0 spiro atoms. The van der Waals surface area contributed by atoms with E-state index in [1.807, 2.05) is 0 Å². The van der Waals surface area contributed by atoms with E-state index in [0.717, 1.165) is 29.8 Å². The monoisotopic (exact) mass is 306 g/mol. The first kappa shape index (κ1) is 19.0. The smallest absolute Gasteiger partial charge is 0.137 e. The minimum Gasteiger partial charge on any atom is -0.487 e. The van der Waals surface area contributed by atoms with Crippen LogP contribution in [-0.2, 0) is 6.42 Å². The summed E-state index contributed by atoms with van der Waals surface area (Å²) in [5.74, 6) is 1.09. The Labute approximate surface area is 138 Å². The maximum Gasteiger partial charge on any atom is 0.137 e. The van der Waals surface area contributed by atoms with Gasteiger partial charge in [-0.05, 0) is 24.5 Å². The lowest BCUT2D eigenvalue weighted by Crippen LogP contribution is -2.38. The van der Waals surface area contributed by atoms with Gasteiger partial charge in [0.15, 0.2) is 0 Å². The van der Waals surface area contributed by atoms with Crippen LogP contribution in [0.3, 0.4) is 0 Å². The Bertz CT molecular complexity index is 395. The molecule has 2 nitrogen and oxygen atoms in total. The van der Waals surface area contributed by atoms with Crippen LogP contribution in [0.25, 0.3) is 0 Å². The average molecular weight is 307 g/mol. The minimum absolute atomic E-state index is 0.789. The zero-order valence-electron chi connectivity index (χ0n) is 15.2. The van der Waals surface area contributed by atoms with Crippen LogP contribution >= 0.6 is 0 Å². The molecule has 0 aliphatic rings. The Kier molecular flexibility index (Phi) is 9.22. The summed E-state index contributed by atoms with van der Waals surface area (Å²) in [5.41, 5.74) is 1.37. The third kappa shape index (κ3) is 9.09.